The van der Waals surface area contributed by atoms with E-state index in [1.54, 1.807) is 4.90 Å². The maximum absolute atomic E-state index is 12.6. The molecule has 1 unspecified atom stereocenters. The van der Waals surface area contributed by atoms with Crippen molar-refractivity contribution in [2.75, 3.05) is 19.6 Å². The van der Waals surface area contributed by atoms with Crippen molar-refractivity contribution < 1.29 is 9.69 Å². The highest BCUT2D eigenvalue weighted by molar-refractivity contribution is 6.06. The fourth-order valence-corrected chi connectivity index (χ4v) is 3.73. The Morgan fingerprint density at radius 1 is 1.33 bits per heavy atom. The number of hydrogen-bond donors (Lipinski definition) is 2. The molecule has 0 spiro atoms. The number of pyridine rings is 1. The van der Waals surface area contributed by atoms with E-state index in [0.29, 0.717) is 0 Å². The molecule has 0 aliphatic carbocycles. The highest BCUT2D eigenvalue weighted by atomic mass is 16.1. The highest BCUT2D eigenvalue weighted by Gasteiger charge is 2.21. The number of nitrogens with zero attached hydrogens (tertiary/aromatic N) is 1. The number of aromatic nitrogens is 1. The quantitative estimate of drug-likeness (QED) is 0.827. The van der Waals surface area contributed by atoms with Gasteiger partial charge in [-0.05, 0) is 45.2 Å². The van der Waals surface area contributed by atoms with Crippen LogP contribution < -0.4 is 10.2 Å². The third kappa shape index (κ3) is 3.93. The molecule has 3 rings (SSSR count). The first-order valence-corrected chi connectivity index (χ1v) is 9.14. The van der Waals surface area contributed by atoms with Gasteiger partial charge in [-0.1, -0.05) is 18.2 Å². The van der Waals surface area contributed by atoms with Crippen LogP contribution in [0.5, 0.6) is 0 Å². The molecule has 2 aromatic rings. The number of benzene rings is 1. The lowest BCUT2D eigenvalue weighted by molar-refractivity contribution is -0.928. The lowest BCUT2D eigenvalue weighted by atomic mass is 10.0. The van der Waals surface area contributed by atoms with E-state index in [2.05, 4.69) is 17.2 Å². The van der Waals surface area contributed by atoms with E-state index in [4.69, 9.17) is 0 Å². The molecule has 2 heterocycles. The molecule has 2 N–H and O–H groups in total. The molecule has 1 aliphatic rings. The van der Waals surface area contributed by atoms with Crippen LogP contribution in [-0.4, -0.2) is 36.6 Å². The third-order valence-corrected chi connectivity index (χ3v) is 5.13. The van der Waals surface area contributed by atoms with Crippen molar-refractivity contribution >= 4 is 16.8 Å². The zero-order valence-corrected chi connectivity index (χ0v) is 14.8. The van der Waals surface area contributed by atoms with Gasteiger partial charge < -0.3 is 10.2 Å². The minimum atomic E-state index is 0.0124. The van der Waals surface area contributed by atoms with Crippen LogP contribution in [-0.2, 0) is 0 Å². The van der Waals surface area contributed by atoms with Gasteiger partial charge in [0.1, 0.15) is 0 Å². The van der Waals surface area contributed by atoms with Crippen LogP contribution in [0.2, 0.25) is 0 Å². The number of likely N-dealkylation sites (tertiary alicyclic amines) is 1. The molecule has 4 heteroatoms. The van der Waals surface area contributed by atoms with Crippen molar-refractivity contribution in [2.24, 2.45) is 0 Å². The molecular weight excluding hydrogens is 298 g/mol. The summed E-state index contributed by atoms with van der Waals surface area (Å²) in [6.07, 6.45) is 5.08. The molecule has 1 aromatic carbocycles. The van der Waals surface area contributed by atoms with Gasteiger partial charge in [0.2, 0.25) is 0 Å². The van der Waals surface area contributed by atoms with E-state index < -0.39 is 0 Å². The van der Waals surface area contributed by atoms with Crippen molar-refractivity contribution in [3.63, 3.8) is 0 Å². The standard InChI is InChI=1S/C20H27N3O/c1-15-14-18(17-9-3-4-10-19(17)22-15)20(24)21-11-7-13-23-12-6-5-8-16(23)2/h3-4,9-10,14,16H,5-8,11-13H2,1-2H3,(H,21,24)/p+1/t16-/m1/s1. The zero-order valence-electron chi connectivity index (χ0n) is 14.8. The fraction of sp³-hybridized carbons (Fsp3) is 0.500. The number of para-hydroxylation sites is 1. The Bertz CT molecular complexity index is 713. The molecule has 4 nitrogen and oxygen atoms in total. The van der Waals surface area contributed by atoms with Crippen LogP contribution in [0.15, 0.2) is 30.3 Å². The van der Waals surface area contributed by atoms with Crippen LogP contribution in [0.3, 0.4) is 0 Å². The monoisotopic (exact) mass is 326 g/mol. The Morgan fingerprint density at radius 2 is 2.17 bits per heavy atom. The summed E-state index contributed by atoms with van der Waals surface area (Å²) in [5.41, 5.74) is 2.50. The highest BCUT2D eigenvalue weighted by Crippen LogP contribution is 2.18. The summed E-state index contributed by atoms with van der Waals surface area (Å²) in [6, 6.07) is 10.5. The van der Waals surface area contributed by atoms with Crippen molar-refractivity contribution in [3.05, 3.63) is 41.6 Å². The average Bonchev–Trinajstić information content (AvgIpc) is 2.59. The van der Waals surface area contributed by atoms with Gasteiger partial charge in [-0.25, -0.2) is 0 Å². The van der Waals surface area contributed by atoms with E-state index in [1.807, 2.05) is 37.3 Å². The Morgan fingerprint density at radius 3 is 3.00 bits per heavy atom. The van der Waals surface area contributed by atoms with Crippen LogP contribution in [0, 0.1) is 6.92 Å². The Labute approximate surface area is 144 Å². The minimum absolute atomic E-state index is 0.0124. The predicted octanol–water partition coefficient (Wildman–Crippen LogP) is 2.12. The summed E-state index contributed by atoms with van der Waals surface area (Å²) < 4.78 is 0. The summed E-state index contributed by atoms with van der Waals surface area (Å²) in [5.74, 6) is 0.0124. The Kier molecular flexibility index (Phi) is 5.46. The summed E-state index contributed by atoms with van der Waals surface area (Å²) in [4.78, 5) is 18.8. The first kappa shape index (κ1) is 16.9. The van der Waals surface area contributed by atoms with Gasteiger partial charge in [0.15, 0.2) is 0 Å². The van der Waals surface area contributed by atoms with Crippen molar-refractivity contribution in [3.8, 4) is 0 Å². The molecule has 0 radical (unpaired) electrons. The molecule has 0 bridgehead atoms. The molecule has 1 amide bonds. The lowest BCUT2D eigenvalue weighted by Gasteiger charge is -2.30. The molecule has 128 valence electrons. The predicted molar refractivity (Wildman–Crippen MR) is 97.4 cm³/mol. The minimum Gasteiger partial charge on any atom is -0.352 e. The normalized spacial score (nSPS) is 20.9. The second-order valence-corrected chi connectivity index (χ2v) is 6.99. The smallest absolute Gasteiger partial charge is 0.252 e. The fourth-order valence-electron chi connectivity index (χ4n) is 3.73. The van der Waals surface area contributed by atoms with Crippen LogP contribution >= 0.6 is 0 Å². The molecule has 2 atom stereocenters. The topological polar surface area (TPSA) is 46.4 Å². The number of aryl methyl sites for hydroxylation is 1. The first-order chi connectivity index (χ1) is 11.6. The van der Waals surface area contributed by atoms with Crippen molar-refractivity contribution in [1.29, 1.82) is 0 Å². The number of amides is 1. The van der Waals surface area contributed by atoms with E-state index in [1.165, 1.54) is 25.8 Å². The van der Waals surface area contributed by atoms with Gasteiger partial charge in [-0.2, -0.15) is 0 Å². The maximum atomic E-state index is 12.6. The number of rotatable bonds is 5. The molecular formula is C20H28N3O+. The van der Waals surface area contributed by atoms with Gasteiger partial charge >= 0.3 is 0 Å². The zero-order chi connectivity index (χ0) is 16.9. The van der Waals surface area contributed by atoms with Crippen LogP contribution in [0.25, 0.3) is 10.9 Å². The number of hydrogen-bond acceptors (Lipinski definition) is 2. The third-order valence-electron chi connectivity index (χ3n) is 5.13. The van der Waals surface area contributed by atoms with Crippen LogP contribution in [0.4, 0.5) is 0 Å². The number of fused-ring (bicyclic) bond motifs is 1. The summed E-state index contributed by atoms with van der Waals surface area (Å²) >= 11 is 0. The van der Waals surface area contributed by atoms with Gasteiger partial charge in [-0.3, -0.25) is 9.78 Å². The lowest BCUT2D eigenvalue weighted by Crippen LogP contribution is -3.16. The molecule has 0 saturated carbocycles. The largest absolute Gasteiger partial charge is 0.352 e. The Balaban J connectivity index is 1.57. The van der Waals surface area contributed by atoms with Gasteiger partial charge in [0.05, 0.1) is 30.2 Å². The molecule has 1 saturated heterocycles. The number of piperidine rings is 1. The average molecular weight is 326 g/mol. The molecule has 24 heavy (non-hydrogen) atoms. The van der Waals surface area contributed by atoms with Crippen molar-refractivity contribution in [1.82, 2.24) is 10.3 Å². The van der Waals surface area contributed by atoms with Gasteiger partial charge in [0.25, 0.3) is 5.91 Å². The maximum Gasteiger partial charge on any atom is 0.252 e. The molecule has 1 aliphatic heterocycles. The van der Waals surface area contributed by atoms with E-state index in [9.17, 15) is 4.79 Å². The first-order valence-electron chi connectivity index (χ1n) is 9.14. The molecule has 1 fully saturated rings. The number of carbonyl (C=O) groups is 1. The van der Waals surface area contributed by atoms with Crippen molar-refractivity contribution in [2.45, 2.75) is 45.6 Å². The van der Waals surface area contributed by atoms with Gasteiger partial charge in [-0.15, -0.1) is 0 Å². The second-order valence-electron chi connectivity index (χ2n) is 6.99. The summed E-state index contributed by atoms with van der Waals surface area (Å²) in [5, 5.41) is 4.02. The number of quaternary nitrogens is 1. The van der Waals surface area contributed by atoms with Gasteiger partial charge in [0, 0.05) is 24.0 Å². The van der Waals surface area contributed by atoms with Crippen LogP contribution in [0.1, 0.15) is 48.7 Å². The van der Waals surface area contributed by atoms with E-state index in [0.717, 1.165) is 47.7 Å². The van der Waals surface area contributed by atoms with E-state index in [-0.39, 0.29) is 5.91 Å². The molecule has 1 aromatic heterocycles. The number of carbonyl (C=O) groups excluding carboxylic acids is 1. The summed E-state index contributed by atoms with van der Waals surface area (Å²) in [7, 11) is 0. The Hall–Kier alpha value is -1.94. The second kappa shape index (κ2) is 7.75. The van der Waals surface area contributed by atoms with E-state index >= 15 is 0 Å². The number of nitrogens with one attached hydrogen (secondary N) is 2. The summed E-state index contributed by atoms with van der Waals surface area (Å²) in [6.45, 7) is 7.45. The SMILES string of the molecule is Cc1cc(C(=O)NCCC[NH+]2CCCC[C@H]2C)c2ccccc2n1.